The van der Waals surface area contributed by atoms with Gasteiger partial charge in [-0.1, -0.05) is 32.1 Å². The van der Waals surface area contributed by atoms with Crippen LogP contribution in [0, 0.1) is 5.92 Å². The maximum atomic E-state index is 11.3. The molecule has 0 radical (unpaired) electrons. The summed E-state index contributed by atoms with van der Waals surface area (Å²) in [4.78, 5) is 21.8. The molecule has 0 saturated heterocycles. The van der Waals surface area contributed by atoms with Gasteiger partial charge in [0.25, 0.3) is 0 Å². The smallest absolute Gasteiger partial charge is 0.321 e. The molecular formula is C12H22N2O3. The van der Waals surface area contributed by atoms with Crippen LogP contribution in [0.3, 0.4) is 0 Å². The third-order valence-electron chi connectivity index (χ3n) is 3.32. The van der Waals surface area contributed by atoms with Crippen molar-refractivity contribution < 1.29 is 14.7 Å². The van der Waals surface area contributed by atoms with E-state index in [0.717, 1.165) is 12.3 Å². The topological polar surface area (TPSA) is 92.4 Å². The molecule has 0 aromatic rings. The molecule has 1 aliphatic rings. The lowest BCUT2D eigenvalue weighted by molar-refractivity contribution is -0.140. The second-order valence-corrected chi connectivity index (χ2v) is 4.79. The quantitative estimate of drug-likeness (QED) is 0.644. The van der Waals surface area contributed by atoms with E-state index in [2.05, 4.69) is 5.32 Å². The van der Waals surface area contributed by atoms with E-state index in [1.807, 2.05) is 0 Å². The molecule has 1 saturated carbocycles. The lowest BCUT2D eigenvalue weighted by Crippen LogP contribution is -2.37. The SMILES string of the molecule is NC(CC(=O)NCCC1CCCCC1)C(=O)O. The first-order chi connectivity index (χ1) is 8.09. The molecule has 1 unspecified atom stereocenters. The summed E-state index contributed by atoms with van der Waals surface area (Å²) >= 11 is 0. The highest BCUT2D eigenvalue weighted by atomic mass is 16.4. The third-order valence-corrected chi connectivity index (χ3v) is 3.32. The Kier molecular flexibility index (Phi) is 5.97. The first kappa shape index (κ1) is 14.0. The van der Waals surface area contributed by atoms with Crippen LogP contribution in [-0.2, 0) is 9.59 Å². The summed E-state index contributed by atoms with van der Waals surface area (Å²) in [6, 6.07) is -1.09. The number of carboxylic acids is 1. The van der Waals surface area contributed by atoms with Gasteiger partial charge in [0.2, 0.25) is 5.91 Å². The van der Waals surface area contributed by atoms with Crippen LogP contribution in [0.25, 0.3) is 0 Å². The number of hydrogen-bond donors (Lipinski definition) is 3. The van der Waals surface area contributed by atoms with Gasteiger partial charge in [0.1, 0.15) is 6.04 Å². The minimum atomic E-state index is -1.13. The first-order valence-corrected chi connectivity index (χ1v) is 6.34. The van der Waals surface area contributed by atoms with Gasteiger partial charge in [0.15, 0.2) is 0 Å². The summed E-state index contributed by atoms with van der Waals surface area (Å²) in [5.41, 5.74) is 5.27. The van der Waals surface area contributed by atoms with Crippen LogP contribution in [-0.4, -0.2) is 29.6 Å². The van der Waals surface area contributed by atoms with Crippen molar-refractivity contribution in [2.75, 3.05) is 6.54 Å². The summed E-state index contributed by atoms with van der Waals surface area (Å²) < 4.78 is 0. The van der Waals surface area contributed by atoms with Crippen molar-refractivity contribution in [1.82, 2.24) is 5.32 Å². The van der Waals surface area contributed by atoms with Crippen LogP contribution in [0.4, 0.5) is 0 Å². The molecule has 5 heteroatoms. The molecule has 0 bridgehead atoms. The normalized spacial score (nSPS) is 18.6. The Bertz CT molecular complexity index is 262. The lowest BCUT2D eigenvalue weighted by Gasteiger charge is -2.21. The van der Waals surface area contributed by atoms with E-state index in [9.17, 15) is 9.59 Å². The van der Waals surface area contributed by atoms with Crippen LogP contribution in [0.15, 0.2) is 0 Å². The largest absolute Gasteiger partial charge is 0.480 e. The van der Waals surface area contributed by atoms with Crippen molar-refractivity contribution in [1.29, 1.82) is 0 Å². The highest BCUT2D eigenvalue weighted by Crippen LogP contribution is 2.25. The molecule has 1 atom stereocenters. The van der Waals surface area contributed by atoms with Crippen LogP contribution in [0.1, 0.15) is 44.9 Å². The number of amides is 1. The van der Waals surface area contributed by atoms with E-state index in [-0.39, 0.29) is 12.3 Å². The zero-order valence-electron chi connectivity index (χ0n) is 10.2. The Labute approximate surface area is 102 Å². The van der Waals surface area contributed by atoms with Crippen LogP contribution >= 0.6 is 0 Å². The van der Waals surface area contributed by atoms with E-state index in [1.54, 1.807) is 0 Å². The first-order valence-electron chi connectivity index (χ1n) is 6.34. The van der Waals surface area contributed by atoms with Gasteiger partial charge in [0, 0.05) is 6.54 Å². The van der Waals surface area contributed by atoms with Crippen LogP contribution in [0.2, 0.25) is 0 Å². The predicted octanol–water partition coefficient (Wildman–Crippen LogP) is 0.875. The van der Waals surface area contributed by atoms with Crippen molar-refractivity contribution in [3.63, 3.8) is 0 Å². The zero-order chi connectivity index (χ0) is 12.7. The summed E-state index contributed by atoms with van der Waals surface area (Å²) in [6.45, 7) is 0.635. The average Bonchev–Trinajstić information content (AvgIpc) is 2.30. The third kappa shape index (κ3) is 5.68. The van der Waals surface area contributed by atoms with Crippen LogP contribution < -0.4 is 11.1 Å². The molecule has 1 fully saturated rings. The minimum absolute atomic E-state index is 0.139. The van der Waals surface area contributed by atoms with Crippen molar-refractivity contribution in [3.05, 3.63) is 0 Å². The van der Waals surface area contributed by atoms with E-state index in [1.165, 1.54) is 32.1 Å². The Morgan fingerprint density at radius 3 is 2.53 bits per heavy atom. The van der Waals surface area contributed by atoms with Gasteiger partial charge in [-0.2, -0.15) is 0 Å². The predicted molar refractivity (Wildman–Crippen MR) is 64.4 cm³/mol. The highest BCUT2D eigenvalue weighted by Gasteiger charge is 2.17. The molecule has 0 aromatic heterocycles. The molecule has 0 aromatic carbocycles. The maximum Gasteiger partial charge on any atom is 0.321 e. The number of carbonyl (C=O) groups excluding carboxylic acids is 1. The number of hydrogen-bond acceptors (Lipinski definition) is 3. The Morgan fingerprint density at radius 2 is 1.94 bits per heavy atom. The minimum Gasteiger partial charge on any atom is -0.480 e. The Balaban J connectivity index is 2.09. The van der Waals surface area contributed by atoms with Crippen molar-refractivity contribution in [2.24, 2.45) is 11.7 Å². The number of carbonyl (C=O) groups is 2. The van der Waals surface area contributed by atoms with E-state index in [4.69, 9.17) is 10.8 Å². The summed E-state index contributed by atoms with van der Waals surface area (Å²) in [5, 5.41) is 11.3. The number of carboxylic acid groups (broad SMARTS) is 1. The monoisotopic (exact) mass is 242 g/mol. The molecule has 4 N–H and O–H groups in total. The van der Waals surface area contributed by atoms with E-state index >= 15 is 0 Å². The lowest BCUT2D eigenvalue weighted by atomic mass is 9.87. The zero-order valence-corrected chi connectivity index (χ0v) is 10.2. The van der Waals surface area contributed by atoms with Gasteiger partial charge in [0.05, 0.1) is 6.42 Å². The molecule has 98 valence electrons. The Morgan fingerprint density at radius 1 is 1.29 bits per heavy atom. The van der Waals surface area contributed by atoms with Gasteiger partial charge in [-0.3, -0.25) is 9.59 Å². The fourth-order valence-electron chi connectivity index (χ4n) is 2.25. The highest BCUT2D eigenvalue weighted by molar-refractivity contribution is 5.84. The van der Waals surface area contributed by atoms with Gasteiger partial charge in [-0.15, -0.1) is 0 Å². The fraction of sp³-hybridized carbons (Fsp3) is 0.833. The molecule has 17 heavy (non-hydrogen) atoms. The van der Waals surface area contributed by atoms with Crippen molar-refractivity contribution >= 4 is 11.9 Å². The van der Waals surface area contributed by atoms with Crippen molar-refractivity contribution in [3.8, 4) is 0 Å². The van der Waals surface area contributed by atoms with E-state index < -0.39 is 12.0 Å². The fourth-order valence-corrected chi connectivity index (χ4v) is 2.25. The molecular weight excluding hydrogens is 220 g/mol. The maximum absolute atomic E-state index is 11.3. The van der Waals surface area contributed by atoms with E-state index in [0.29, 0.717) is 6.54 Å². The molecule has 0 heterocycles. The number of nitrogens with two attached hydrogens (primary N) is 1. The van der Waals surface area contributed by atoms with Crippen LogP contribution in [0.5, 0.6) is 0 Å². The summed E-state index contributed by atoms with van der Waals surface area (Å²) in [6.07, 6.45) is 7.28. The molecule has 1 aliphatic carbocycles. The molecule has 1 rings (SSSR count). The van der Waals surface area contributed by atoms with Gasteiger partial charge in [-0.25, -0.2) is 0 Å². The second-order valence-electron chi connectivity index (χ2n) is 4.79. The number of aliphatic carboxylic acids is 1. The molecule has 5 nitrogen and oxygen atoms in total. The molecule has 0 aliphatic heterocycles. The van der Waals surface area contributed by atoms with Gasteiger partial charge >= 0.3 is 5.97 Å². The summed E-state index contributed by atoms with van der Waals surface area (Å²) in [7, 11) is 0. The number of nitrogens with one attached hydrogen (secondary N) is 1. The number of rotatable bonds is 6. The Hall–Kier alpha value is -1.10. The average molecular weight is 242 g/mol. The molecule has 0 spiro atoms. The standard InChI is InChI=1S/C12H22N2O3/c13-10(12(16)17)8-11(15)14-7-6-9-4-2-1-3-5-9/h9-10H,1-8,13H2,(H,14,15)(H,16,17). The summed E-state index contributed by atoms with van der Waals surface area (Å²) in [5.74, 6) is -0.680. The van der Waals surface area contributed by atoms with Gasteiger partial charge in [-0.05, 0) is 12.3 Å². The van der Waals surface area contributed by atoms with Gasteiger partial charge < -0.3 is 16.2 Å². The van der Waals surface area contributed by atoms with Crippen molar-refractivity contribution in [2.45, 2.75) is 51.0 Å². The molecule has 1 amide bonds. The second kappa shape index (κ2) is 7.27.